The minimum Gasteiger partial charge on any atom is -0.497 e. The fourth-order valence-electron chi connectivity index (χ4n) is 3.93. The largest absolute Gasteiger partial charge is 0.497 e. The number of carbonyl (C=O) groups is 1. The minimum absolute atomic E-state index is 0.0750. The molecule has 1 aromatic rings. The van der Waals surface area contributed by atoms with Crippen LogP contribution in [0.15, 0.2) is 34.3 Å². The highest BCUT2D eigenvalue weighted by molar-refractivity contribution is 5.98. The Kier molecular flexibility index (Phi) is 4.24. The summed E-state index contributed by atoms with van der Waals surface area (Å²) in [4.78, 5) is 19.9. The quantitative estimate of drug-likeness (QED) is 0.827. The standard InChI is InChI=1S/C20H24N2O3/c1-24-17-7-8-18(19(10-17)25-2)20(23)22(15-5-6-15)16-4-3-13-11-21-12-14(13)9-16/h7-8,10,12,15-16H,3-6,9,11H2,1-2H3. The predicted octanol–water partition coefficient (Wildman–Crippen LogP) is 3.24. The maximum absolute atomic E-state index is 13.4. The second-order valence-electron chi connectivity index (χ2n) is 7.01. The molecule has 0 spiro atoms. The van der Waals surface area contributed by atoms with Crippen LogP contribution in [0.2, 0.25) is 0 Å². The number of nitrogens with zero attached hydrogens (tertiary/aromatic N) is 2. The number of hydrogen-bond acceptors (Lipinski definition) is 4. The molecule has 1 heterocycles. The monoisotopic (exact) mass is 340 g/mol. The van der Waals surface area contributed by atoms with Crippen molar-refractivity contribution in [2.45, 2.75) is 44.2 Å². The molecule has 0 aromatic heterocycles. The van der Waals surface area contributed by atoms with E-state index >= 15 is 0 Å². The van der Waals surface area contributed by atoms with Crippen LogP contribution >= 0.6 is 0 Å². The van der Waals surface area contributed by atoms with Gasteiger partial charge in [-0.1, -0.05) is 0 Å². The molecule has 0 saturated heterocycles. The Balaban J connectivity index is 1.61. The van der Waals surface area contributed by atoms with Crippen LogP contribution in [0.3, 0.4) is 0 Å². The van der Waals surface area contributed by atoms with Gasteiger partial charge in [-0.15, -0.1) is 0 Å². The third kappa shape index (κ3) is 3.03. The van der Waals surface area contributed by atoms with Gasteiger partial charge < -0.3 is 14.4 Å². The summed E-state index contributed by atoms with van der Waals surface area (Å²) in [6, 6.07) is 6.05. The average Bonchev–Trinajstić information content (AvgIpc) is 3.36. The van der Waals surface area contributed by atoms with E-state index in [-0.39, 0.29) is 11.9 Å². The number of amides is 1. The minimum atomic E-state index is 0.0750. The smallest absolute Gasteiger partial charge is 0.258 e. The van der Waals surface area contributed by atoms with Crippen molar-refractivity contribution < 1.29 is 14.3 Å². The van der Waals surface area contributed by atoms with E-state index < -0.39 is 0 Å². The number of methoxy groups -OCH3 is 2. The molecule has 1 fully saturated rings. The first-order valence-electron chi connectivity index (χ1n) is 8.96. The molecule has 5 heteroatoms. The topological polar surface area (TPSA) is 51.1 Å². The summed E-state index contributed by atoms with van der Waals surface area (Å²) in [6.45, 7) is 0.853. The summed E-state index contributed by atoms with van der Waals surface area (Å²) in [7, 11) is 3.21. The Morgan fingerprint density at radius 1 is 1.16 bits per heavy atom. The lowest BCUT2D eigenvalue weighted by Gasteiger charge is -2.35. The molecule has 25 heavy (non-hydrogen) atoms. The molecular weight excluding hydrogens is 316 g/mol. The van der Waals surface area contributed by atoms with Crippen molar-refractivity contribution in [1.82, 2.24) is 4.90 Å². The number of benzene rings is 1. The van der Waals surface area contributed by atoms with Crippen molar-refractivity contribution in [3.05, 3.63) is 34.9 Å². The van der Waals surface area contributed by atoms with Crippen LogP contribution in [0.1, 0.15) is 42.5 Å². The number of aliphatic imine (C=N–C) groups is 1. The van der Waals surface area contributed by atoms with Crippen molar-refractivity contribution >= 4 is 12.1 Å². The first kappa shape index (κ1) is 16.2. The van der Waals surface area contributed by atoms with Gasteiger partial charge in [-0.05, 0) is 55.4 Å². The molecule has 4 rings (SSSR count). The van der Waals surface area contributed by atoms with Crippen LogP contribution in [0.25, 0.3) is 0 Å². The zero-order valence-corrected chi connectivity index (χ0v) is 14.8. The maximum atomic E-state index is 13.4. The second kappa shape index (κ2) is 6.54. The van der Waals surface area contributed by atoms with E-state index in [4.69, 9.17) is 9.47 Å². The van der Waals surface area contributed by atoms with E-state index in [1.165, 1.54) is 11.1 Å². The van der Waals surface area contributed by atoms with Crippen LogP contribution in [0.5, 0.6) is 11.5 Å². The summed E-state index contributed by atoms with van der Waals surface area (Å²) in [5.41, 5.74) is 3.42. The molecule has 132 valence electrons. The third-order valence-corrected chi connectivity index (χ3v) is 5.43. The van der Waals surface area contributed by atoms with E-state index in [1.807, 2.05) is 18.3 Å². The van der Waals surface area contributed by atoms with Gasteiger partial charge in [0.2, 0.25) is 0 Å². The highest BCUT2D eigenvalue weighted by Crippen LogP contribution is 2.38. The van der Waals surface area contributed by atoms with Crippen molar-refractivity contribution in [3.8, 4) is 11.5 Å². The molecule has 1 atom stereocenters. The zero-order valence-electron chi connectivity index (χ0n) is 14.8. The summed E-state index contributed by atoms with van der Waals surface area (Å²) in [6.07, 6.45) is 7.21. The number of rotatable bonds is 5. The van der Waals surface area contributed by atoms with Crippen LogP contribution in [0.4, 0.5) is 0 Å². The highest BCUT2D eigenvalue weighted by atomic mass is 16.5. The first-order chi connectivity index (χ1) is 12.2. The van der Waals surface area contributed by atoms with Gasteiger partial charge in [-0.3, -0.25) is 9.79 Å². The van der Waals surface area contributed by atoms with Gasteiger partial charge in [0, 0.05) is 24.4 Å². The lowest BCUT2D eigenvalue weighted by Crippen LogP contribution is -2.43. The Hall–Kier alpha value is -2.30. The van der Waals surface area contributed by atoms with Crippen LogP contribution in [-0.2, 0) is 0 Å². The van der Waals surface area contributed by atoms with Crippen molar-refractivity contribution in [3.63, 3.8) is 0 Å². The van der Waals surface area contributed by atoms with E-state index in [0.29, 0.717) is 23.1 Å². The number of hydrogen-bond donors (Lipinski definition) is 0. The SMILES string of the molecule is COc1ccc(C(=O)N(C2CC2)C2CCC3=C(C=NC3)C2)c(OC)c1. The van der Waals surface area contributed by atoms with Crippen molar-refractivity contribution in [2.75, 3.05) is 20.8 Å². The fourth-order valence-corrected chi connectivity index (χ4v) is 3.93. The molecule has 5 nitrogen and oxygen atoms in total. The molecule has 3 aliphatic rings. The molecule has 1 unspecified atom stereocenters. The maximum Gasteiger partial charge on any atom is 0.258 e. The molecular formula is C20H24N2O3. The predicted molar refractivity (Wildman–Crippen MR) is 96.8 cm³/mol. The molecule has 1 aromatic carbocycles. The van der Waals surface area contributed by atoms with Crippen LogP contribution in [-0.4, -0.2) is 49.9 Å². The summed E-state index contributed by atoms with van der Waals surface area (Å²) < 4.78 is 10.7. The Labute approximate surface area is 148 Å². The van der Waals surface area contributed by atoms with E-state index in [1.54, 1.807) is 20.3 Å². The average molecular weight is 340 g/mol. The van der Waals surface area contributed by atoms with Gasteiger partial charge in [0.15, 0.2) is 0 Å². The fraction of sp³-hybridized carbons (Fsp3) is 0.500. The lowest BCUT2D eigenvalue weighted by molar-refractivity contribution is 0.0642. The highest BCUT2D eigenvalue weighted by Gasteiger charge is 2.40. The lowest BCUT2D eigenvalue weighted by atomic mass is 9.88. The normalized spacial score (nSPS) is 21.9. The van der Waals surface area contributed by atoms with Gasteiger partial charge in [-0.2, -0.15) is 0 Å². The van der Waals surface area contributed by atoms with Gasteiger partial charge in [0.1, 0.15) is 11.5 Å². The summed E-state index contributed by atoms with van der Waals surface area (Å²) in [5.74, 6) is 1.35. The van der Waals surface area contributed by atoms with Gasteiger partial charge in [0.25, 0.3) is 5.91 Å². The molecule has 1 saturated carbocycles. The van der Waals surface area contributed by atoms with E-state index in [9.17, 15) is 4.79 Å². The van der Waals surface area contributed by atoms with Gasteiger partial charge in [0.05, 0.1) is 26.3 Å². The van der Waals surface area contributed by atoms with Crippen molar-refractivity contribution in [1.29, 1.82) is 0 Å². The molecule has 1 amide bonds. The first-order valence-corrected chi connectivity index (χ1v) is 8.96. The number of ether oxygens (including phenoxy) is 2. The Morgan fingerprint density at radius 2 is 2.00 bits per heavy atom. The van der Waals surface area contributed by atoms with Crippen LogP contribution in [0, 0.1) is 0 Å². The van der Waals surface area contributed by atoms with E-state index in [0.717, 1.165) is 38.6 Å². The summed E-state index contributed by atoms with van der Waals surface area (Å²) in [5, 5.41) is 0. The number of carbonyl (C=O) groups excluding carboxylic acids is 1. The molecule has 0 bridgehead atoms. The van der Waals surface area contributed by atoms with Crippen molar-refractivity contribution in [2.24, 2.45) is 4.99 Å². The molecule has 0 radical (unpaired) electrons. The summed E-state index contributed by atoms with van der Waals surface area (Å²) >= 11 is 0. The molecule has 0 N–H and O–H groups in total. The Bertz CT molecular complexity index is 749. The van der Waals surface area contributed by atoms with E-state index in [2.05, 4.69) is 9.89 Å². The molecule has 1 aliphatic heterocycles. The third-order valence-electron chi connectivity index (χ3n) is 5.43. The zero-order chi connectivity index (χ0) is 17.4. The van der Waals surface area contributed by atoms with Gasteiger partial charge in [-0.25, -0.2) is 0 Å². The van der Waals surface area contributed by atoms with Crippen LogP contribution < -0.4 is 9.47 Å². The van der Waals surface area contributed by atoms with Gasteiger partial charge >= 0.3 is 0 Å². The second-order valence-corrected chi connectivity index (χ2v) is 7.01. The Morgan fingerprint density at radius 3 is 2.72 bits per heavy atom. The molecule has 2 aliphatic carbocycles.